The Kier molecular flexibility index (Phi) is 4.45. The number of fused-ring (bicyclic) bond motifs is 1. The van der Waals surface area contributed by atoms with E-state index in [2.05, 4.69) is 0 Å². The van der Waals surface area contributed by atoms with Crippen molar-refractivity contribution in [2.75, 3.05) is 18.6 Å². The number of ketones is 1. The molecule has 1 aromatic rings. The fourth-order valence-corrected chi connectivity index (χ4v) is 2.71. The highest BCUT2D eigenvalue weighted by Crippen LogP contribution is 2.33. The lowest BCUT2D eigenvalue weighted by Gasteiger charge is -2.22. The van der Waals surface area contributed by atoms with Crippen LogP contribution in [0.15, 0.2) is 18.2 Å². The molecule has 0 fully saturated rings. The van der Waals surface area contributed by atoms with Crippen molar-refractivity contribution in [2.24, 2.45) is 0 Å². The summed E-state index contributed by atoms with van der Waals surface area (Å²) < 4.78 is 4.91. The second-order valence-corrected chi connectivity index (χ2v) is 5.73. The van der Waals surface area contributed by atoms with E-state index in [9.17, 15) is 9.59 Å². The van der Waals surface area contributed by atoms with E-state index in [1.165, 1.54) is 7.11 Å². The van der Waals surface area contributed by atoms with Gasteiger partial charge < -0.3 is 9.64 Å². The zero-order chi connectivity index (χ0) is 14.9. The van der Waals surface area contributed by atoms with Crippen molar-refractivity contribution < 1.29 is 14.3 Å². The largest absolute Gasteiger partial charge is 0.375 e. The molecule has 1 aliphatic heterocycles. The lowest BCUT2D eigenvalue weighted by atomic mass is 10.0. The van der Waals surface area contributed by atoms with Gasteiger partial charge in [0, 0.05) is 24.4 Å². The van der Waals surface area contributed by atoms with Crippen molar-refractivity contribution in [3.8, 4) is 0 Å². The molecule has 5 heteroatoms. The Labute approximate surface area is 123 Å². The summed E-state index contributed by atoms with van der Waals surface area (Å²) in [5, 5.41) is -0.543. The zero-order valence-electron chi connectivity index (χ0n) is 11.9. The number of anilines is 1. The van der Waals surface area contributed by atoms with Crippen molar-refractivity contribution in [2.45, 2.75) is 31.7 Å². The number of rotatable bonds is 4. The van der Waals surface area contributed by atoms with Gasteiger partial charge in [-0.2, -0.15) is 0 Å². The summed E-state index contributed by atoms with van der Waals surface area (Å²) in [5.41, 5.74) is 2.46. The number of benzene rings is 1. The molecule has 2 rings (SSSR count). The monoisotopic (exact) mass is 295 g/mol. The van der Waals surface area contributed by atoms with Crippen molar-refractivity contribution >= 4 is 29.0 Å². The van der Waals surface area contributed by atoms with E-state index >= 15 is 0 Å². The number of nitrogens with zero attached hydrogens (tertiary/aromatic N) is 1. The Hall–Kier alpha value is -1.39. The van der Waals surface area contributed by atoms with Crippen LogP contribution in [0.25, 0.3) is 0 Å². The van der Waals surface area contributed by atoms with E-state index in [1.807, 2.05) is 19.1 Å². The molecule has 0 bridgehead atoms. The van der Waals surface area contributed by atoms with Gasteiger partial charge in [-0.1, -0.05) is 0 Å². The lowest BCUT2D eigenvalue weighted by Crippen LogP contribution is -2.38. The Bertz CT molecular complexity index is 542. The number of hydrogen-bond acceptors (Lipinski definition) is 3. The number of halogens is 1. The molecule has 2 atom stereocenters. The zero-order valence-corrected chi connectivity index (χ0v) is 12.6. The molecule has 1 heterocycles. The molecule has 20 heavy (non-hydrogen) atoms. The third-order valence-electron chi connectivity index (χ3n) is 3.48. The molecule has 1 amide bonds. The van der Waals surface area contributed by atoms with E-state index in [1.54, 1.807) is 17.9 Å². The van der Waals surface area contributed by atoms with Gasteiger partial charge in [-0.05, 0) is 44.0 Å². The molecule has 0 aliphatic carbocycles. The van der Waals surface area contributed by atoms with Crippen LogP contribution in [-0.2, 0) is 16.0 Å². The minimum absolute atomic E-state index is 0.0587. The number of Topliss-reactive ketones (excluding diaryl/α,β-unsaturated/α-hetero) is 1. The molecule has 0 saturated heterocycles. The number of ether oxygens (including phenoxy) is 1. The van der Waals surface area contributed by atoms with Gasteiger partial charge in [0.15, 0.2) is 5.78 Å². The Balaban J connectivity index is 2.32. The van der Waals surface area contributed by atoms with Crippen LogP contribution in [0, 0.1) is 0 Å². The van der Waals surface area contributed by atoms with Crippen LogP contribution in [0.2, 0.25) is 0 Å². The van der Waals surface area contributed by atoms with Gasteiger partial charge in [-0.3, -0.25) is 9.59 Å². The summed E-state index contributed by atoms with van der Waals surface area (Å²) >= 11 is 5.83. The van der Waals surface area contributed by atoms with Gasteiger partial charge in [0.2, 0.25) is 0 Å². The standard InChI is InChI=1S/C15H18ClNO3/c1-9-6-12-7-11(15(19)10(2)16)4-5-13(12)17(9)14(18)8-20-3/h4-5,7,9-10H,6,8H2,1-3H3. The van der Waals surface area contributed by atoms with Gasteiger partial charge in [-0.25, -0.2) is 0 Å². The first-order valence-corrected chi connectivity index (χ1v) is 7.01. The third kappa shape index (κ3) is 2.72. The van der Waals surface area contributed by atoms with Crippen LogP contribution in [0.1, 0.15) is 29.8 Å². The van der Waals surface area contributed by atoms with Crippen molar-refractivity contribution in [1.82, 2.24) is 0 Å². The molecule has 0 aromatic heterocycles. The Morgan fingerprint density at radius 2 is 2.20 bits per heavy atom. The highest BCUT2D eigenvalue weighted by Gasteiger charge is 2.31. The van der Waals surface area contributed by atoms with Gasteiger partial charge >= 0.3 is 0 Å². The van der Waals surface area contributed by atoms with Crippen LogP contribution < -0.4 is 4.90 Å². The van der Waals surface area contributed by atoms with Crippen LogP contribution in [-0.4, -0.2) is 36.8 Å². The minimum atomic E-state index is -0.543. The Morgan fingerprint density at radius 1 is 1.50 bits per heavy atom. The average molecular weight is 296 g/mol. The van der Waals surface area contributed by atoms with Crippen molar-refractivity contribution in [1.29, 1.82) is 0 Å². The molecular formula is C15H18ClNO3. The highest BCUT2D eigenvalue weighted by molar-refractivity contribution is 6.33. The summed E-state index contributed by atoms with van der Waals surface area (Å²) in [7, 11) is 1.50. The van der Waals surface area contributed by atoms with Crippen molar-refractivity contribution in [3.63, 3.8) is 0 Å². The summed E-state index contributed by atoms with van der Waals surface area (Å²) in [6, 6.07) is 5.46. The first kappa shape index (κ1) is 15.0. The maximum Gasteiger partial charge on any atom is 0.253 e. The van der Waals surface area contributed by atoms with Gasteiger partial charge in [0.1, 0.15) is 6.61 Å². The number of carbonyl (C=O) groups is 2. The molecule has 0 saturated carbocycles. The minimum Gasteiger partial charge on any atom is -0.375 e. The lowest BCUT2D eigenvalue weighted by molar-refractivity contribution is -0.122. The first-order valence-electron chi connectivity index (χ1n) is 6.58. The first-order chi connectivity index (χ1) is 9.45. The highest BCUT2D eigenvalue weighted by atomic mass is 35.5. The third-order valence-corrected chi connectivity index (χ3v) is 3.68. The molecule has 2 unspecified atom stereocenters. The maximum absolute atomic E-state index is 12.1. The van der Waals surface area contributed by atoms with Crippen LogP contribution in [0.5, 0.6) is 0 Å². The fourth-order valence-electron chi connectivity index (χ4n) is 2.59. The quantitative estimate of drug-likeness (QED) is 0.633. The predicted molar refractivity (Wildman–Crippen MR) is 78.6 cm³/mol. The molecule has 0 spiro atoms. The number of methoxy groups -OCH3 is 1. The normalized spacial score (nSPS) is 18.8. The van der Waals surface area contributed by atoms with Crippen LogP contribution >= 0.6 is 11.6 Å². The van der Waals surface area contributed by atoms with Crippen molar-refractivity contribution in [3.05, 3.63) is 29.3 Å². The maximum atomic E-state index is 12.1. The fraction of sp³-hybridized carbons (Fsp3) is 0.467. The van der Waals surface area contributed by atoms with Gasteiger partial charge in [0.25, 0.3) is 5.91 Å². The topological polar surface area (TPSA) is 46.6 Å². The van der Waals surface area contributed by atoms with E-state index in [0.717, 1.165) is 17.7 Å². The van der Waals surface area contributed by atoms with Gasteiger partial charge in [-0.15, -0.1) is 11.6 Å². The average Bonchev–Trinajstić information content (AvgIpc) is 2.72. The van der Waals surface area contributed by atoms with E-state index < -0.39 is 5.38 Å². The number of amides is 1. The molecule has 0 N–H and O–H groups in total. The summed E-state index contributed by atoms with van der Waals surface area (Å²) in [5.74, 6) is -0.160. The van der Waals surface area contributed by atoms with Gasteiger partial charge in [0.05, 0.1) is 5.38 Å². The second kappa shape index (κ2) is 5.94. The van der Waals surface area contributed by atoms with E-state index in [4.69, 9.17) is 16.3 Å². The van der Waals surface area contributed by atoms with Crippen LogP contribution in [0.4, 0.5) is 5.69 Å². The predicted octanol–water partition coefficient (Wildman–Crippen LogP) is 2.42. The number of alkyl halides is 1. The Morgan fingerprint density at radius 3 is 2.80 bits per heavy atom. The van der Waals surface area contributed by atoms with E-state index in [-0.39, 0.29) is 24.3 Å². The molecule has 1 aromatic carbocycles. The molecule has 4 nitrogen and oxygen atoms in total. The smallest absolute Gasteiger partial charge is 0.253 e. The van der Waals surface area contributed by atoms with Crippen LogP contribution in [0.3, 0.4) is 0 Å². The SMILES string of the molecule is COCC(=O)N1c2ccc(C(=O)C(C)Cl)cc2CC1C. The number of carbonyl (C=O) groups excluding carboxylic acids is 2. The summed E-state index contributed by atoms with van der Waals surface area (Å²) in [4.78, 5) is 25.7. The molecule has 1 aliphatic rings. The second-order valence-electron chi connectivity index (χ2n) is 5.07. The molecular weight excluding hydrogens is 278 g/mol. The van der Waals surface area contributed by atoms with E-state index in [0.29, 0.717) is 5.56 Å². The molecule has 108 valence electrons. The molecule has 0 radical (unpaired) electrons. The number of hydrogen-bond donors (Lipinski definition) is 0. The summed E-state index contributed by atoms with van der Waals surface area (Å²) in [6.45, 7) is 3.70. The summed E-state index contributed by atoms with van der Waals surface area (Å²) in [6.07, 6.45) is 0.739.